The van der Waals surface area contributed by atoms with Gasteiger partial charge in [0, 0.05) is 0 Å². The van der Waals surface area contributed by atoms with Crippen LogP contribution in [0.25, 0.3) is 0 Å². The van der Waals surface area contributed by atoms with Crippen LogP contribution in [-0.4, -0.2) is 29.7 Å². The highest BCUT2D eigenvalue weighted by Gasteiger charge is 2.36. The summed E-state index contributed by atoms with van der Waals surface area (Å²) in [4.78, 5) is 23.2. The van der Waals surface area contributed by atoms with E-state index in [1.54, 1.807) is 44.2 Å². The minimum absolute atomic E-state index is 0.0847. The van der Waals surface area contributed by atoms with Crippen LogP contribution in [0.1, 0.15) is 26.3 Å². The van der Waals surface area contributed by atoms with Crippen molar-refractivity contribution in [1.82, 2.24) is 5.32 Å². The Bertz CT molecular complexity index is 444. The first kappa shape index (κ1) is 15.2. The fraction of sp³-hybridized carbons (Fsp3) is 0.429. The van der Waals surface area contributed by atoms with E-state index < -0.39 is 17.4 Å². The van der Waals surface area contributed by atoms with Gasteiger partial charge in [0.1, 0.15) is 6.61 Å². The first-order valence-corrected chi connectivity index (χ1v) is 6.08. The van der Waals surface area contributed by atoms with Crippen LogP contribution in [0.2, 0.25) is 0 Å². The molecular weight excluding hydrogens is 246 g/mol. The molecule has 5 heteroatoms. The van der Waals surface area contributed by atoms with Crippen molar-refractivity contribution in [2.45, 2.75) is 32.4 Å². The van der Waals surface area contributed by atoms with Crippen LogP contribution >= 0.6 is 0 Å². The van der Waals surface area contributed by atoms with E-state index in [0.717, 1.165) is 0 Å². The molecule has 19 heavy (non-hydrogen) atoms. The average molecular weight is 265 g/mol. The zero-order valence-electron chi connectivity index (χ0n) is 11.3. The van der Waals surface area contributed by atoms with Crippen molar-refractivity contribution in [2.24, 2.45) is 0 Å². The molecule has 5 nitrogen and oxygen atoms in total. The minimum atomic E-state index is -1.46. The first-order valence-electron chi connectivity index (χ1n) is 6.08. The summed E-state index contributed by atoms with van der Waals surface area (Å²) in [6, 6.07) is 8.57. The van der Waals surface area contributed by atoms with Crippen molar-refractivity contribution in [3.05, 3.63) is 35.9 Å². The molecule has 0 saturated heterocycles. The van der Waals surface area contributed by atoms with Crippen molar-refractivity contribution >= 4 is 11.9 Å². The second-order valence-corrected chi connectivity index (χ2v) is 4.70. The van der Waals surface area contributed by atoms with E-state index in [4.69, 9.17) is 4.74 Å². The van der Waals surface area contributed by atoms with Gasteiger partial charge in [-0.15, -0.1) is 0 Å². The molecule has 0 heterocycles. The van der Waals surface area contributed by atoms with Gasteiger partial charge < -0.3 is 15.2 Å². The highest BCUT2D eigenvalue weighted by atomic mass is 16.5. The molecule has 1 amide bonds. The van der Waals surface area contributed by atoms with E-state index in [1.807, 2.05) is 0 Å². The molecule has 2 N–H and O–H groups in total. The Kier molecular flexibility index (Phi) is 5.06. The van der Waals surface area contributed by atoms with Gasteiger partial charge in [-0.2, -0.15) is 0 Å². The summed E-state index contributed by atoms with van der Waals surface area (Å²) >= 11 is 0. The summed E-state index contributed by atoms with van der Waals surface area (Å²) < 4.78 is 5.16. The van der Waals surface area contributed by atoms with Crippen LogP contribution in [0.15, 0.2) is 30.3 Å². The van der Waals surface area contributed by atoms with Gasteiger partial charge in [-0.05, 0) is 26.3 Å². The molecule has 1 aromatic rings. The molecule has 0 aliphatic heterocycles. The topological polar surface area (TPSA) is 75.6 Å². The van der Waals surface area contributed by atoms with E-state index in [1.165, 1.54) is 6.92 Å². The normalized spacial score (nSPS) is 13.9. The molecule has 0 aromatic heterocycles. The molecule has 0 aliphatic carbocycles. The molecule has 0 spiro atoms. The van der Waals surface area contributed by atoms with E-state index in [-0.39, 0.29) is 12.7 Å². The molecular formula is C14H19NO4. The van der Waals surface area contributed by atoms with Crippen LogP contribution < -0.4 is 5.32 Å². The number of nitrogens with one attached hydrogen (secondary N) is 1. The summed E-state index contributed by atoms with van der Waals surface area (Å²) in [6.07, 6.45) is -0.0847. The minimum Gasteiger partial charge on any atom is -0.479 e. The number of hydrogen-bond acceptors (Lipinski definition) is 3. The lowest BCUT2D eigenvalue weighted by molar-refractivity contribution is -0.148. The Morgan fingerprint density at radius 3 is 2.37 bits per heavy atom. The largest absolute Gasteiger partial charge is 0.479 e. The van der Waals surface area contributed by atoms with Gasteiger partial charge in [-0.3, -0.25) is 4.79 Å². The summed E-state index contributed by atoms with van der Waals surface area (Å²) in [5.74, 6) is -1.57. The Morgan fingerprint density at radius 2 is 1.89 bits per heavy atom. The van der Waals surface area contributed by atoms with Gasteiger partial charge in [-0.1, -0.05) is 30.3 Å². The van der Waals surface area contributed by atoms with Crippen molar-refractivity contribution in [3.63, 3.8) is 0 Å². The summed E-state index contributed by atoms with van der Waals surface area (Å²) in [5.41, 5.74) is -0.945. The molecule has 1 unspecified atom stereocenters. The van der Waals surface area contributed by atoms with Gasteiger partial charge in [0.25, 0.3) is 0 Å². The maximum Gasteiger partial charge on any atom is 0.333 e. The van der Waals surface area contributed by atoms with E-state index in [0.29, 0.717) is 5.56 Å². The highest BCUT2D eigenvalue weighted by molar-refractivity contribution is 5.88. The van der Waals surface area contributed by atoms with Crippen molar-refractivity contribution in [2.75, 3.05) is 6.61 Å². The Balaban J connectivity index is 2.84. The predicted molar refractivity (Wildman–Crippen MR) is 70.7 cm³/mol. The zero-order chi connectivity index (χ0) is 14.5. The summed E-state index contributed by atoms with van der Waals surface area (Å²) in [6.45, 7) is 4.91. The number of carboxylic acid groups (broad SMARTS) is 1. The maximum atomic E-state index is 11.7. The van der Waals surface area contributed by atoms with Gasteiger partial charge in [-0.25, -0.2) is 4.79 Å². The number of rotatable bonds is 6. The zero-order valence-corrected chi connectivity index (χ0v) is 11.3. The third kappa shape index (κ3) is 4.06. The highest BCUT2D eigenvalue weighted by Crippen LogP contribution is 2.20. The van der Waals surface area contributed by atoms with Gasteiger partial charge in [0.15, 0.2) is 5.54 Å². The van der Waals surface area contributed by atoms with E-state index >= 15 is 0 Å². The van der Waals surface area contributed by atoms with Gasteiger partial charge >= 0.3 is 5.97 Å². The quantitative estimate of drug-likeness (QED) is 0.818. The molecule has 1 atom stereocenters. The van der Waals surface area contributed by atoms with Crippen LogP contribution in [0.4, 0.5) is 0 Å². The first-order chi connectivity index (χ1) is 8.86. The van der Waals surface area contributed by atoms with Crippen molar-refractivity contribution < 1.29 is 19.4 Å². The molecule has 0 aliphatic rings. The maximum absolute atomic E-state index is 11.7. The number of hydrogen-bond donors (Lipinski definition) is 2. The number of carbonyl (C=O) groups is 2. The number of carbonyl (C=O) groups excluding carboxylic acids is 1. The van der Waals surface area contributed by atoms with E-state index in [9.17, 15) is 14.7 Å². The summed E-state index contributed by atoms with van der Waals surface area (Å²) in [7, 11) is 0. The molecule has 104 valence electrons. The van der Waals surface area contributed by atoms with Gasteiger partial charge in [0.2, 0.25) is 5.91 Å². The monoisotopic (exact) mass is 265 g/mol. The fourth-order valence-corrected chi connectivity index (χ4v) is 1.58. The van der Waals surface area contributed by atoms with Crippen LogP contribution in [0.3, 0.4) is 0 Å². The van der Waals surface area contributed by atoms with Crippen LogP contribution in [0, 0.1) is 0 Å². The second kappa shape index (κ2) is 6.33. The van der Waals surface area contributed by atoms with Gasteiger partial charge in [0.05, 0.1) is 6.10 Å². The lowest BCUT2D eigenvalue weighted by Gasteiger charge is -2.27. The molecule has 0 fully saturated rings. The van der Waals surface area contributed by atoms with Crippen molar-refractivity contribution in [3.8, 4) is 0 Å². The molecule has 1 aromatic carbocycles. The Labute approximate surface area is 112 Å². The van der Waals surface area contributed by atoms with Crippen molar-refractivity contribution in [1.29, 1.82) is 0 Å². The molecule has 0 saturated carbocycles. The van der Waals surface area contributed by atoms with Crippen LogP contribution in [0.5, 0.6) is 0 Å². The standard InChI is InChI=1S/C14H19NO4/c1-10(2)19-9-12(16)15-14(3,13(17)18)11-7-5-4-6-8-11/h4-8,10H,9H2,1-3H3,(H,15,16)(H,17,18). The lowest BCUT2D eigenvalue weighted by atomic mass is 9.92. The summed E-state index contributed by atoms with van der Waals surface area (Å²) in [5, 5.41) is 11.9. The third-order valence-corrected chi connectivity index (χ3v) is 2.72. The number of ether oxygens (including phenoxy) is 1. The van der Waals surface area contributed by atoms with Crippen LogP contribution in [-0.2, 0) is 19.9 Å². The number of amides is 1. The Hall–Kier alpha value is -1.88. The molecule has 0 bridgehead atoms. The van der Waals surface area contributed by atoms with E-state index in [2.05, 4.69) is 5.32 Å². The SMILES string of the molecule is CC(C)OCC(=O)NC(C)(C(=O)O)c1ccccc1. The number of carboxylic acids is 1. The number of benzene rings is 1. The third-order valence-electron chi connectivity index (χ3n) is 2.72. The molecule has 0 radical (unpaired) electrons. The average Bonchev–Trinajstić information content (AvgIpc) is 2.37. The smallest absolute Gasteiger partial charge is 0.333 e. The lowest BCUT2D eigenvalue weighted by Crippen LogP contribution is -2.50. The predicted octanol–water partition coefficient (Wildman–Crippen LogP) is 1.53. The second-order valence-electron chi connectivity index (χ2n) is 4.70. The number of aliphatic carboxylic acids is 1. The Morgan fingerprint density at radius 1 is 1.32 bits per heavy atom. The molecule has 1 rings (SSSR count). The fourth-order valence-electron chi connectivity index (χ4n) is 1.58.